The fraction of sp³-hybridized carbons (Fsp3) is 0.400. The molecule has 0 unspecified atom stereocenters. The van der Waals surface area contributed by atoms with Gasteiger partial charge in [-0.15, -0.1) is 0 Å². The van der Waals surface area contributed by atoms with Crippen molar-refractivity contribution in [2.45, 2.75) is 25.3 Å². The molecule has 4 nitrogen and oxygen atoms in total. The highest BCUT2D eigenvalue weighted by atomic mass is 79.9. The molecule has 0 atom stereocenters. The average Bonchev–Trinajstić information content (AvgIpc) is 2.58. The number of anilines is 1. The van der Waals surface area contributed by atoms with Crippen LogP contribution in [0.1, 0.15) is 19.3 Å². The van der Waals surface area contributed by atoms with Gasteiger partial charge in [0.2, 0.25) is 0 Å². The zero-order valence-electron chi connectivity index (χ0n) is 8.15. The van der Waals surface area contributed by atoms with Gasteiger partial charge in [0.15, 0.2) is 11.5 Å². The Hall–Kier alpha value is -1.10. The first-order valence-electron chi connectivity index (χ1n) is 5.09. The van der Waals surface area contributed by atoms with Gasteiger partial charge in [-0.1, -0.05) is 0 Å². The summed E-state index contributed by atoms with van der Waals surface area (Å²) >= 11 is 3.40. The first kappa shape index (κ1) is 9.15. The fourth-order valence-electron chi connectivity index (χ4n) is 1.74. The minimum absolute atomic E-state index is 0.576. The van der Waals surface area contributed by atoms with Gasteiger partial charge in [-0.2, -0.15) is 0 Å². The second-order valence-corrected chi connectivity index (χ2v) is 4.65. The number of rotatable bonds is 2. The SMILES string of the molecule is Brc1cn2ccnc2c(NC2CCC2)n1. The molecule has 0 radical (unpaired) electrons. The molecule has 78 valence electrons. The molecule has 2 aromatic heterocycles. The number of aromatic nitrogens is 3. The van der Waals surface area contributed by atoms with Crippen LogP contribution in [-0.2, 0) is 0 Å². The van der Waals surface area contributed by atoms with Crippen LogP contribution in [0.5, 0.6) is 0 Å². The van der Waals surface area contributed by atoms with Gasteiger partial charge in [0, 0.05) is 24.6 Å². The van der Waals surface area contributed by atoms with E-state index < -0.39 is 0 Å². The van der Waals surface area contributed by atoms with E-state index in [9.17, 15) is 0 Å². The quantitative estimate of drug-likeness (QED) is 0.908. The smallest absolute Gasteiger partial charge is 0.180 e. The summed E-state index contributed by atoms with van der Waals surface area (Å²) in [6.45, 7) is 0. The number of halogens is 1. The fourth-order valence-corrected chi connectivity index (χ4v) is 2.14. The lowest BCUT2D eigenvalue weighted by Crippen LogP contribution is -2.27. The van der Waals surface area contributed by atoms with Crippen molar-refractivity contribution < 1.29 is 0 Å². The molecule has 0 bridgehead atoms. The van der Waals surface area contributed by atoms with Crippen molar-refractivity contribution in [1.29, 1.82) is 0 Å². The van der Waals surface area contributed by atoms with Crippen LogP contribution < -0.4 is 5.32 Å². The molecular weight excluding hydrogens is 256 g/mol. The van der Waals surface area contributed by atoms with Crippen LogP contribution in [-0.4, -0.2) is 20.4 Å². The van der Waals surface area contributed by atoms with E-state index >= 15 is 0 Å². The Labute approximate surface area is 95.9 Å². The molecule has 3 rings (SSSR count). The summed E-state index contributed by atoms with van der Waals surface area (Å²) in [6, 6.07) is 0.576. The van der Waals surface area contributed by atoms with E-state index in [0.29, 0.717) is 6.04 Å². The van der Waals surface area contributed by atoms with Crippen LogP contribution in [0.2, 0.25) is 0 Å². The Morgan fingerprint density at radius 3 is 3.07 bits per heavy atom. The molecular formula is C10H11BrN4. The Morgan fingerprint density at radius 2 is 2.33 bits per heavy atom. The summed E-state index contributed by atoms with van der Waals surface area (Å²) in [7, 11) is 0. The highest BCUT2D eigenvalue weighted by Crippen LogP contribution is 2.25. The Morgan fingerprint density at radius 1 is 1.47 bits per heavy atom. The van der Waals surface area contributed by atoms with Crippen molar-refractivity contribution in [2.75, 3.05) is 5.32 Å². The van der Waals surface area contributed by atoms with E-state index in [-0.39, 0.29) is 0 Å². The molecule has 1 fully saturated rings. The number of hydrogen-bond acceptors (Lipinski definition) is 3. The molecule has 0 aromatic carbocycles. The third-order valence-corrected chi connectivity index (χ3v) is 3.17. The lowest BCUT2D eigenvalue weighted by atomic mass is 9.93. The van der Waals surface area contributed by atoms with Crippen molar-refractivity contribution in [3.63, 3.8) is 0 Å². The van der Waals surface area contributed by atoms with Crippen LogP contribution in [0.25, 0.3) is 5.65 Å². The molecule has 1 saturated carbocycles. The zero-order valence-corrected chi connectivity index (χ0v) is 9.74. The van der Waals surface area contributed by atoms with Gasteiger partial charge in [0.25, 0.3) is 0 Å². The first-order valence-corrected chi connectivity index (χ1v) is 5.88. The van der Waals surface area contributed by atoms with Gasteiger partial charge in [-0.3, -0.25) is 0 Å². The summed E-state index contributed by atoms with van der Waals surface area (Å²) < 4.78 is 2.80. The number of imidazole rings is 1. The summed E-state index contributed by atoms with van der Waals surface area (Å²) in [5.41, 5.74) is 0.894. The molecule has 1 aliphatic rings. The highest BCUT2D eigenvalue weighted by Gasteiger charge is 2.19. The van der Waals surface area contributed by atoms with Crippen LogP contribution in [0, 0.1) is 0 Å². The molecule has 1 aliphatic carbocycles. The number of fused-ring (bicyclic) bond motifs is 1. The molecule has 2 heterocycles. The predicted octanol–water partition coefficient (Wildman–Crippen LogP) is 2.46. The minimum Gasteiger partial charge on any atom is -0.364 e. The third kappa shape index (κ3) is 1.61. The Bertz CT molecular complexity index is 489. The molecule has 15 heavy (non-hydrogen) atoms. The maximum absolute atomic E-state index is 4.42. The van der Waals surface area contributed by atoms with Gasteiger partial charge in [0.1, 0.15) is 4.60 Å². The first-order chi connectivity index (χ1) is 7.33. The predicted molar refractivity (Wildman–Crippen MR) is 61.9 cm³/mol. The Kier molecular flexibility index (Phi) is 2.12. The molecule has 1 N–H and O–H groups in total. The third-order valence-electron chi connectivity index (χ3n) is 2.79. The topological polar surface area (TPSA) is 42.2 Å². The van der Waals surface area contributed by atoms with Crippen LogP contribution in [0.4, 0.5) is 5.82 Å². The summed E-state index contributed by atoms with van der Waals surface area (Å²) in [5.74, 6) is 0.874. The van der Waals surface area contributed by atoms with Gasteiger partial charge in [-0.25, -0.2) is 9.97 Å². The van der Waals surface area contributed by atoms with E-state index in [1.165, 1.54) is 19.3 Å². The van der Waals surface area contributed by atoms with Crippen molar-refractivity contribution in [3.8, 4) is 0 Å². The summed E-state index contributed by atoms with van der Waals surface area (Å²) in [4.78, 5) is 8.71. The molecule has 0 amide bonds. The maximum Gasteiger partial charge on any atom is 0.180 e. The standard InChI is InChI=1S/C10H11BrN4/c11-8-6-15-5-4-12-10(15)9(14-8)13-7-2-1-3-7/h4-7H,1-3H2,(H,13,14). The largest absolute Gasteiger partial charge is 0.364 e. The van der Waals surface area contributed by atoms with Crippen LogP contribution in [0.15, 0.2) is 23.2 Å². The molecule has 0 saturated heterocycles. The van der Waals surface area contributed by atoms with Gasteiger partial charge < -0.3 is 9.72 Å². The van der Waals surface area contributed by atoms with Crippen molar-refractivity contribution in [1.82, 2.24) is 14.4 Å². The summed E-state index contributed by atoms with van der Waals surface area (Å²) in [6.07, 6.45) is 9.41. The maximum atomic E-state index is 4.42. The molecule has 0 spiro atoms. The van der Waals surface area contributed by atoms with E-state index in [1.807, 2.05) is 16.8 Å². The number of hydrogen-bond donors (Lipinski definition) is 1. The van der Waals surface area contributed by atoms with Crippen LogP contribution >= 0.6 is 15.9 Å². The lowest BCUT2D eigenvalue weighted by Gasteiger charge is -2.26. The highest BCUT2D eigenvalue weighted by molar-refractivity contribution is 9.10. The van der Waals surface area contributed by atoms with Gasteiger partial charge in [-0.05, 0) is 35.2 Å². The summed E-state index contributed by atoms with van der Waals surface area (Å²) in [5, 5.41) is 3.42. The normalized spacial score (nSPS) is 16.6. The van der Waals surface area contributed by atoms with Gasteiger partial charge in [0.05, 0.1) is 0 Å². The monoisotopic (exact) mass is 266 g/mol. The minimum atomic E-state index is 0.576. The van der Waals surface area contributed by atoms with E-state index in [2.05, 4.69) is 31.2 Å². The van der Waals surface area contributed by atoms with Crippen LogP contribution in [0.3, 0.4) is 0 Å². The van der Waals surface area contributed by atoms with Crippen molar-refractivity contribution >= 4 is 27.4 Å². The number of nitrogens with zero attached hydrogens (tertiary/aromatic N) is 3. The Balaban J connectivity index is 2.02. The molecule has 0 aliphatic heterocycles. The van der Waals surface area contributed by atoms with E-state index in [0.717, 1.165) is 16.1 Å². The average molecular weight is 267 g/mol. The van der Waals surface area contributed by atoms with Crippen molar-refractivity contribution in [2.24, 2.45) is 0 Å². The van der Waals surface area contributed by atoms with E-state index in [4.69, 9.17) is 0 Å². The second-order valence-electron chi connectivity index (χ2n) is 3.84. The lowest BCUT2D eigenvalue weighted by molar-refractivity contribution is 0.444. The van der Waals surface area contributed by atoms with Gasteiger partial charge >= 0.3 is 0 Å². The second kappa shape index (κ2) is 3.48. The zero-order chi connectivity index (χ0) is 10.3. The van der Waals surface area contributed by atoms with E-state index in [1.54, 1.807) is 6.20 Å². The van der Waals surface area contributed by atoms with Crippen molar-refractivity contribution in [3.05, 3.63) is 23.2 Å². The molecule has 5 heteroatoms. The molecule has 2 aromatic rings. The number of nitrogens with one attached hydrogen (secondary N) is 1.